The van der Waals surface area contributed by atoms with Gasteiger partial charge in [-0.2, -0.15) is 0 Å². The molecular weight excluding hydrogens is 463 g/mol. The molecule has 1 unspecified atom stereocenters. The summed E-state index contributed by atoms with van der Waals surface area (Å²) >= 11 is 1.70. The van der Waals surface area contributed by atoms with Crippen LogP contribution >= 0.6 is 11.3 Å². The average Bonchev–Trinajstić information content (AvgIpc) is 3.32. The molecule has 1 aliphatic rings. The maximum Gasteiger partial charge on any atom is 0.254 e. The summed E-state index contributed by atoms with van der Waals surface area (Å²) in [6.45, 7) is 7.36. The predicted octanol–water partition coefficient (Wildman–Crippen LogP) is 5.50. The van der Waals surface area contributed by atoms with Crippen LogP contribution in [-0.2, 0) is 11.2 Å². The molecule has 5 nitrogen and oxygen atoms in total. The Kier molecular flexibility index (Phi) is 7.86. The van der Waals surface area contributed by atoms with Crippen molar-refractivity contribution >= 4 is 23.2 Å². The van der Waals surface area contributed by atoms with Crippen LogP contribution in [0.5, 0.6) is 5.75 Å². The lowest BCUT2D eigenvalue weighted by Crippen LogP contribution is -2.48. The molecule has 2 amide bonds. The molecular formula is C28H31FN2O3S. The number of hydrogen-bond donors (Lipinski definition) is 0. The molecule has 35 heavy (non-hydrogen) atoms. The number of carbonyl (C=O) groups is 2. The average molecular weight is 495 g/mol. The van der Waals surface area contributed by atoms with Crippen molar-refractivity contribution in [2.75, 3.05) is 26.2 Å². The number of ether oxygens (including phenoxy) is 1. The second-order valence-electron chi connectivity index (χ2n) is 9.36. The fraction of sp³-hybridized carbons (Fsp3) is 0.357. The van der Waals surface area contributed by atoms with Crippen molar-refractivity contribution in [2.24, 2.45) is 5.92 Å². The van der Waals surface area contributed by atoms with Gasteiger partial charge in [-0.25, -0.2) is 4.39 Å². The quantitative estimate of drug-likeness (QED) is 0.416. The molecule has 2 heterocycles. The number of hydrogen-bond acceptors (Lipinski definition) is 4. The summed E-state index contributed by atoms with van der Waals surface area (Å²) in [5.41, 5.74) is 2.64. The van der Waals surface area contributed by atoms with Crippen molar-refractivity contribution in [1.82, 2.24) is 9.80 Å². The van der Waals surface area contributed by atoms with E-state index in [9.17, 15) is 14.0 Å². The molecule has 0 saturated heterocycles. The number of rotatable bonds is 8. The van der Waals surface area contributed by atoms with Gasteiger partial charge in [0.05, 0.1) is 6.04 Å². The maximum atomic E-state index is 13.6. The maximum absolute atomic E-state index is 13.6. The molecule has 1 atom stereocenters. The number of halogens is 1. The van der Waals surface area contributed by atoms with E-state index < -0.39 is 5.82 Å². The zero-order chi connectivity index (χ0) is 24.9. The lowest BCUT2D eigenvalue weighted by molar-refractivity contribution is -0.135. The molecule has 7 heteroatoms. The van der Waals surface area contributed by atoms with E-state index in [0.717, 1.165) is 23.3 Å². The SMILES string of the molecule is Cc1ccc(OCC2c3ccsc3CCN2C(=O)CN(CC(C)C)C(=O)c2ccc(F)cc2)cc1. The Hall–Kier alpha value is -3.19. The van der Waals surface area contributed by atoms with Gasteiger partial charge < -0.3 is 14.5 Å². The van der Waals surface area contributed by atoms with E-state index in [1.165, 1.54) is 29.1 Å². The first kappa shape index (κ1) is 24.9. The monoisotopic (exact) mass is 494 g/mol. The fourth-order valence-corrected chi connectivity index (χ4v) is 5.30. The highest BCUT2D eigenvalue weighted by Gasteiger charge is 2.33. The molecule has 0 radical (unpaired) electrons. The molecule has 184 valence electrons. The Labute approximate surface area is 210 Å². The van der Waals surface area contributed by atoms with E-state index in [0.29, 0.717) is 25.3 Å². The molecule has 0 bridgehead atoms. The minimum absolute atomic E-state index is 0.0328. The zero-order valence-electron chi connectivity index (χ0n) is 20.4. The van der Waals surface area contributed by atoms with Crippen LogP contribution in [0.25, 0.3) is 0 Å². The van der Waals surface area contributed by atoms with Crippen LogP contribution in [0.15, 0.2) is 60.0 Å². The molecule has 0 spiro atoms. The van der Waals surface area contributed by atoms with Crippen molar-refractivity contribution in [2.45, 2.75) is 33.2 Å². The molecule has 1 aromatic heterocycles. The van der Waals surface area contributed by atoms with Crippen LogP contribution in [-0.4, -0.2) is 47.9 Å². The second kappa shape index (κ2) is 11.0. The Balaban J connectivity index is 1.52. The smallest absolute Gasteiger partial charge is 0.254 e. The van der Waals surface area contributed by atoms with Gasteiger partial charge in [0.25, 0.3) is 5.91 Å². The molecule has 3 aromatic rings. The minimum atomic E-state index is -0.399. The van der Waals surface area contributed by atoms with E-state index in [4.69, 9.17) is 4.74 Å². The molecule has 0 N–H and O–H groups in total. The van der Waals surface area contributed by atoms with Gasteiger partial charge in [0.1, 0.15) is 24.7 Å². The van der Waals surface area contributed by atoms with Crippen LogP contribution in [0.3, 0.4) is 0 Å². The minimum Gasteiger partial charge on any atom is -0.491 e. The van der Waals surface area contributed by atoms with Crippen LogP contribution in [0.1, 0.15) is 46.3 Å². The normalized spacial score (nSPS) is 15.1. The number of amides is 2. The van der Waals surface area contributed by atoms with Gasteiger partial charge in [0.15, 0.2) is 0 Å². The molecule has 0 saturated carbocycles. The third-order valence-electron chi connectivity index (χ3n) is 6.13. The number of benzene rings is 2. The lowest BCUT2D eigenvalue weighted by Gasteiger charge is -2.37. The summed E-state index contributed by atoms with van der Waals surface area (Å²) in [6, 6.07) is 15.2. The van der Waals surface area contributed by atoms with Crippen LogP contribution in [0.2, 0.25) is 0 Å². The van der Waals surface area contributed by atoms with Gasteiger partial charge in [-0.1, -0.05) is 31.5 Å². The molecule has 0 aliphatic carbocycles. The third-order valence-corrected chi connectivity index (χ3v) is 7.13. The highest BCUT2D eigenvalue weighted by Crippen LogP contribution is 2.34. The summed E-state index contributed by atoms with van der Waals surface area (Å²) < 4.78 is 19.5. The highest BCUT2D eigenvalue weighted by atomic mass is 32.1. The fourth-order valence-electron chi connectivity index (χ4n) is 4.37. The first-order chi connectivity index (χ1) is 16.8. The highest BCUT2D eigenvalue weighted by molar-refractivity contribution is 7.10. The Morgan fingerprint density at radius 3 is 2.51 bits per heavy atom. The first-order valence-corrected chi connectivity index (χ1v) is 12.8. The third kappa shape index (κ3) is 6.09. The predicted molar refractivity (Wildman–Crippen MR) is 136 cm³/mol. The number of thiophene rings is 1. The summed E-state index contributed by atoms with van der Waals surface area (Å²) in [7, 11) is 0. The first-order valence-electron chi connectivity index (χ1n) is 11.9. The number of aryl methyl sites for hydroxylation is 1. The van der Waals surface area contributed by atoms with Crippen molar-refractivity contribution in [1.29, 1.82) is 0 Å². The Morgan fingerprint density at radius 1 is 1.11 bits per heavy atom. The zero-order valence-corrected chi connectivity index (χ0v) is 21.2. The van der Waals surface area contributed by atoms with E-state index in [-0.39, 0.29) is 30.3 Å². The molecule has 1 aliphatic heterocycles. The van der Waals surface area contributed by atoms with E-state index in [2.05, 4.69) is 11.4 Å². The van der Waals surface area contributed by atoms with Crippen molar-refractivity contribution < 1.29 is 18.7 Å². The summed E-state index contributed by atoms with van der Waals surface area (Å²) in [5, 5.41) is 2.06. The van der Waals surface area contributed by atoms with E-state index >= 15 is 0 Å². The van der Waals surface area contributed by atoms with Crippen molar-refractivity contribution in [3.63, 3.8) is 0 Å². The summed E-state index contributed by atoms with van der Waals surface area (Å²) in [4.78, 5) is 31.5. The van der Waals surface area contributed by atoms with E-state index in [1.807, 2.05) is 49.9 Å². The van der Waals surface area contributed by atoms with Gasteiger partial charge in [0, 0.05) is 23.5 Å². The Morgan fingerprint density at radius 2 is 1.83 bits per heavy atom. The lowest BCUT2D eigenvalue weighted by atomic mass is 10.00. The van der Waals surface area contributed by atoms with Crippen molar-refractivity contribution in [3.8, 4) is 5.75 Å². The number of fused-ring (bicyclic) bond motifs is 1. The van der Waals surface area contributed by atoms with Gasteiger partial charge in [-0.3, -0.25) is 9.59 Å². The van der Waals surface area contributed by atoms with Crippen LogP contribution in [0.4, 0.5) is 4.39 Å². The van der Waals surface area contributed by atoms with Gasteiger partial charge in [-0.05, 0) is 72.7 Å². The largest absolute Gasteiger partial charge is 0.491 e. The number of carbonyl (C=O) groups excluding carboxylic acids is 2. The summed E-state index contributed by atoms with van der Waals surface area (Å²) in [6.07, 6.45) is 0.788. The number of nitrogens with zero attached hydrogens (tertiary/aromatic N) is 2. The summed E-state index contributed by atoms with van der Waals surface area (Å²) in [5.74, 6) is 0.156. The van der Waals surface area contributed by atoms with Crippen molar-refractivity contribution in [3.05, 3.63) is 87.4 Å². The van der Waals surface area contributed by atoms with Crippen LogP contribution in [0, 0.1) is 18.7 Å². The molecule has 0 fully saturated rings. The topological polar surface area (TPSA) is 49.9 Å². The molecule has 4 rings (SSSR count). The van der Waals surface area contributed by atoms with Gasteiger partial charge in [0.2, 0.25) is 5.91 Å². The van der Waals surface area contributed by atoms with Gasteiger partial charge in [-0.15, -0.1) is 11.3 Å². The van der Waals surface area contributed by atoms with Gasteiger partial charge >= 0.3 is 0 Å². The van der Waals surface area contributed by atoms with Crippen LogP contribution < -0.4 is 4.74 Å². The second-order valence-corrected chi connectivity index (χ2v) is 10.4. The van der Waals surface area contributed by atoms with E-state index in [1.54, 1.807) is 16.2 Å². The standard InChI is InChI=1S/C28H31FN2O3S/c1-19(2)16-30(28(33)21-6-8-22(29)9-7-21)17-27(32)31-14-12-26-24(13-15-35-26)25(31)18-34-23-10-4-20(3)5-11-23/h4-11,13,15,19,25H,12,14,16-18H2,1-3H3. The molecule has 2 aromatic carbocycles. The Bertz CT molecular complexity index is 1160.